The summed E-state index contributed by atoms with van der Waals surface area (Å²) in [6, 6.07) is 11.9. The van der Waals surface area contributed by atoms with Gasteiger partial charge in [-0.1, -0.05) is 31.2 Å². The number of nitro groups is 1. The van der Waals surface area contributed by atoms with Crippen LogP contribution in [0.4, 0.5) is 5.69 Å². The van der Waals surface area contributed by atoms with Crippen LogP contribution in [0.25, 0.3) is 10.9 Å². The molecule has 0 spiro atoms. The number of carbonyl (C=O) groups excluding carboxylic acids is 1. The summed E-state index contributed by atoms with van der Waals surface area (Å²) in [6.07, 6.45) is 2.20. The molecule has 3 rings (SSSR count). The number of aromatic nitrogens is 2. The lowest BCUT2D eigenvalue weighted by Gasteiger charge is -2.18. The smallest absolute Gasteiger partial charge is 0.271 e. The fourth-order valence-corrected chi connectivity index (χ4v) is 2.88. The predicted octanol–water partition coefficient (Wildman–Crippen LogP) is 2.53. The van der Waals surface area contributed by atoms with Gasteiger partial charge in [0.25, 0.3) is 11.2 Å². The highest BCUT2D eigenvalue weighted by Crippen LogP contribution is 2.16. The zero-order valence-corrected chi connectivity index (χ0v) is 15.7. The number of likely N-dealkylation sites (N-methyl/N-ethyl adjacent to an activating group) is 1. The van der Waals surface area contributed by atoms with Gasteiger partial charge < -0.3 is 4.90 Å². The molecule has 0 radical (unpaired) electrons. The maximum atomic E-state index is 12.6. The van der Waals surface area contributed by atoms with Gasteiger partial charge in [0.1, 0.15) is 6.54 Å². The van der Waals surface area contributed by atoms with Crippen molar-refractivity contribution in [3.63, 3.8) is 0 Å². The third kappa shape index (κ3) is 4.06. The highest BCUT2D eigenvalue weighted by molar-refractivity contribution is 5.80. The minimum atomic E-state index is -0.543. The topological polar surface area (TPSA) is 98.3 Å². The molecule has 0 atom stereocenters. The molecule has 28 heavy (non-hydrogen) atoms. The Balaban J connectivity index is 1.76. The molecule has 0 saturated heterocycles. The molecular formula is C20H20N4O4. The summed E-state index contributed by atoms with van der Waals surface area (Å²) >= 11 is 0. The fraction of sp³-hybridized carbons (Fsp3) is 0.250. The van der Waals surface area contributed by atoms with E-state index < -0.39 is 10.5 Å². The molecule has 8 nitrogen and oxygen atoms in total. The highest BCUT2D eigenvalue weighted by Gasteiger charge is 2.14. The number of hydrogen-bond acceptors (Lipinski definition) is 5. The first kappa shape index (κ1) is 19.2. The van der Waals surface area contributed by atoms with Gasteiger partial charge in [0.2, 0.25) is 5.91 Å². The Morgan fingerprint density at radius 2 is 1.86 bits per heavy atom. The normalized spacial score (nSPS) is 10.8. The molecule has 0 aliphatic carbocycles. The van der Waals surface area contributed by atoms with Gasteiger partial charge in [-0.05, 0) is 23.6 Å². The Labute approximate surface area is 161 Å². The van der Waals surface area contributed by atoms with Gasteiger partial charge in [0, 0.05) is 25.7 Å². The first-order chi connectivity index (χ1) is 13.4. The van der Waals surface area contributed by atoms with Crippen molar-refractivity contribution in [1.82, 2.24) is 14.5 Å². The van der Waals surface area contributed by atoms with Crippen molar-refractivity contribution in [2.45, 2.75) is 26.4 Å². The number of amides is 1. The van der Waals surface area contributed by atoms with Gasteiger partial charge in [-0.3, -0.25) is 24.3 Å². The van der Waals surface area contributed by atoms with Crippen LogP contribution in [0.5, 0.6) is 0 Å². The zero-order valence-electron chi connectivity index (χ0n) is 15.7. The van der Waals surface area contributed by atoms with Crippen molar-refractivity contribution < 1.29 is 9.72 Å². The largest absolute Gasteiger partial charge is 0.340 e. The minimum Gasteiger partial charge on any atom is -0.340 e. The third-order valence-electron chi connectivity index (χ3n) is 4.60. The van der Waals surface area contributed by atoms with Crippen LogP contribution in [0.1, 0.15) is 18.1 Å². The molecule has 1 aromatic heterocycles. The molecule has 0 bridgehead atoms. The van der Waals surface area contributed by atoms with Crippen molar-refractivity contribution in [2.24, 2.45) is 0 Å². The van der Waals surface area contributed by atoms with Crippen LogP contribution in [0.2, 0.25) is 0 Å². The van der Waals surface area contributed by atoms with E-state index in [0.29, 0.717) is 6.54 Å². The average Bonchev–Trinajstić information content (AvgIpc) is 2.70. The number of carbonyl (C=O) groups is 1. The Morgan fingerprint density at radius 3 is 2.50 bits per heavy atom. The second-order valence-corrected chi connectivity index (χ2v) is 6.56. The van der Waals surface area contributed by atoms with Crippen molar-refractivity contribution in [3.05, 3.63) is 80.4 Å². The van der Waals surface area contributed by atoms with Crippen LogP contribution in [0, 0.1) is 10.1 Å². The first-order valence-corrected chi connectivity index (χ1v) is 8.84. The van der Waals surface area contributed by atoms with E-state index in [-0.39, 0.29) is 29.0 Å². The molecule has 0 aliphatic heterocycles. The molecule has 0 saturated carbocycles. The number of non-ortho nitro benzene ring substituents is 1. The Morgan fingerprint density at radius 1 is 1.18 bits per heavy atom. The SMILES string of the molecule is CCc1ccc(CN(C)C(=O)Cn2cnc3cc([N+](=O)[O-])ccc3c2=O)cc1. The van der Waals surface area contributed by atoms with E-state index in [9.17, 15) is 19.7 Å². The maximum absolute atomic E-state index is 12.6. The van der Waals surface area contributed by atoms with E-state index in [4.69, 9.17) is 0 Å². The summed E-state index contributed by atoms with van der Waals surface area (Å²) in [7, 11) is 1.68. The van der Waals surface area contributed by atoms with Gasteiger partial charge in [0.15, 0.2) is 0 Å². The number of benzene rings is 2. The van der Waals surface area contributed by atoms with Crippen LogP contribution in [0.15, 0.2) is 53.6 Å². The number of aryl methyl sites for hydroxylation is 1. The molecular weight excluding hydrogens is 360 g/mol. The van der Waals surface area contributed by atoms with E-state index in [1.54, 1.807) is 11.9 Å². The first-order valence-electron chi connectivity index (χ1n) is 8.84. The van der Waals surface area contributed by atoms with Crippen molar-refractivity contribution >= 4 is 22.5 Å². The van der Waals surface area contributed by atoms with E-state index in [2.05, 4.69) is 11.9 Å². The molecule has 8 heteroatoms. The summed E-state index contributed by atoms with van der Waals surface area (Å²) in [5.41, 5.74) is 1.92. The van der Waals surface area contributed by atoms with E-state index in [0.717, 1.165) is 12.0 Å². The molecule has 1 heterocycles. The predicted molar refractivity (Wildman–Crippen MR) is 105 cm³/mol. The highest BCUT2D eigenvalue weighted by atomic mass is 16.6. The van der Waals surface area contributed by atoms with Gasteiger partial charge in [-0.25, -0.2) is 4.98 Å². The average molecular weight is 380 g/mol. The Hall–Kier alpha value is -3.55. The molecule has 0 aliphatic rings. The number of nitro benzene ring substituents is 1. The minimum absolute atomic E-state index is 0.137. The zero-order chi connectivity index (χ0) is 20.3. The Bertz CT molecular complexity index is 1090. The van der Waals surface area contributed by atoms with Gasteiger partial charge in [0.05, 0.1) is 22.2 Å². The van der Waals surface area contributed by atoms with Gasteiger partial charge >= 0.3 is 0 Å². The van der Waals surface area contributed by atoms with Crippen LogP contribution in [-0.4, -0.2) is 32.3 Å². The molecule has 0 unspecified atom stereocenters. The van der Waals surface area contributed by atoms with Crippen molar-refractivity contribution in [3.8, 4) is 0 Å². The van der Waals surface area contributed by atoms with Crippen LogP contribution in [-0.2, 0) is 24.3 Å². The van der Waals surface area contributed by atoms with E-state index in [1.165, 1.54) is 34.7 Å². The van der Waals surface area contributed by atoms with Crippen molar-refractivity contribution in [2.75, 3.05) is 7.05 Å². The lowest BCUT2D eigenvalue weighted by Crippen LogP contribution is -2.33. The lowest BCUT2D eigenvalue weighted by atomic mass is 10.1. The number of rotatable bonds is 6. The molecule has 3 aromatic rings. The van der Waals surface area contributed by atoms with Gasteiger partial charge in [-0.15, -0.1) is 0 Å². The van der Waals surface area contributed by atoms with Crippen LogP contribution < -0.4 is 5.56 Å². The molecule has 144 valence electrons. The third-order valence-corrected chi connectivity index (χ3v) is 4.60. The van der Waals surface area contributed by atoms with E-state index in [1.807, 2.05) is 24.3 Å². The van der Waals surface area contributed by atoms with E-state index >= 15 is 0 Å². The second kappa shape index (κ2) is 7.99. The summed E-state index contributed by atoms with van der Waals surface area (Å²) in [6.45, 7) is 2.37. The second-order valence-electron chi connectivity index (χ2n) is 6.56. The molecule has 2 aromatic carbocycles. The summed E-state index contributed by atoms with van der Waals surface area (Å²) in [4.78, 5) is 41.0. The van der Waals surface area contributed by atoms with Crippen molar-refractivity contribution in [1.29, 1.82) is 0 Å². The lowest BCUT2D eigenvalue weighted by molar-refractivity contribution is -0.384. The number of nitrogens with zero attached hydrogens (tertiary/aromatic N) is 4. The fourth-order valence-electron chi connectivity index (χ4n) is 2.88. The molecule has 1 amide bonds. The quantitative estimate of drug-likeness (QED) is 0.483. The van der Waals surface area contributed by atoms with Gasteiger partial charge in [-0.2, -0.15) is 0 Å². The monoisotopic (exact) mass is 380 g/mol. The number of hydrogen-bond donors (Lipinski definition) is 0. The molecule has 0 fully saturated rings. The summed E-state index contributed by atoms with van der Waals surface area (Å²) in [5, 5.41) is 11.1. The van der Waals surface area contributed by atoms with Crippen LogP contribution in [0.3, 0.4) is 0 Å². The van der Waals surface area contributed by atoms with Crippen LogP contribution >= 0.6 is 0 Å². The standard InChI is InChI=1S/C20H20N4O4/c1-3-14-4-6-15(7-5-14)11-22(2)19(25)12-23-13-21-18-10-16(24(27)28)8-9-17(18)20(23)26/h4-10,13H,3,11-12H2,1-2H3. The summed E-state index contributed by atoms with van der Waals surface area (Å²) in [5.74, 6) is -0.232. The maximum Gasteiger partial charge on any atom is 0.271 e. The Kier molecular flexibility index (Phi) is 5.49. The summed E-state index contributed by atoms with van der Waals surface area (Å²) < 4.78 is 1.22. The number of fused-ring (bicyclic) bond motifs is 1. The molecule has 0 N–H and O–H groups in total.